The van der Waals surface area contributed by atoms with Crippen LogP contribution in [0.3, 0.4) is 0 Å². The van der Waals surface area contributed by atoms with Gasteiger partial charge in [-0.25, -0.2) is 9.78 Å². The summed E-state index contributed by atoms with van der Waals surface area (Å²) in [5.41, 5.74) is 17.1. The molecule has 2 rings (SSSR count). The number of likely N-dealkylation sites (tertiary alicyclic amines) is 1. The Morgan fingerprint density at radius 2 is 2.09 bits per heavy atom. The summed E-state index contributed by atoms with van der Waals surface area (Å²) in [6.45, 7) is 0.193. The molecule has 3 amide bonds. The number of H-pyrrole nitrogens is 1. The van der Waals surface area contributed by atoms with Gasteiger partial charge in [0.2, 0.25) is 17.7 Å². The number of aliphatic carboxylic acids is 1. The number of amides is 3. The van der Waals surface area contributed by atoms with Crippen LogP contribution in [0.2, 0.25) is 0 Å². The predicted molar refractivity (Wildman–Crippen MR) is 117 cm³/mol. The number of nitrogens with zero attached hydrogens (tertiary/aromatic N) is 3. The zero-order valence-electron chi connectivity index (χ0n) is 18.2. The van der Waals surface area contributed by atoms with Crippen LogP contribution in [0.25, 0.3) is 0 Å². The van der Waals surface area contributed by atoms with Crippen LogP contribution in [0.1, 0.15) is 31.4 Å². The molecule has 1 aliphatic rings. The van der Waals surface area contributed by atoms with Crippen molar-refractivity contribution in [1.82, 2.24) is 25.5 Å². The van der Waals surface area contributed by atoms with E-state index in [2.05, 4.69) is 25.6 Å². The molecule has 2 heterocycles. The van der Waals surface area contributed by atoms with Crippen molar-refractivity contribution in [3.63, 3.8) is 0 Å². The van der Waals surface area contributed by atoms with E-state index in [1.807, 2.05) is 0 Å². The summed E-state index contributed by atoms with van der Waals surface area (Å²) in [4.78, 5) is 60.8. The van der Waals surface area contributed by atoms with Crippen molar-refractivity contribution in [3.05, 3.63) is 18.2 Å². The fourth-order valence-corrected chi connectivity index (χ4v) is 3.53. The zero-order valence-corrected chi connectivity index (χ0v) is 18.2. The number of carbonyl (C=O) groups is 4. The van der Waals surface area contributed by atoms with Crippen LogP contribution < -0.4 is 27.8 Å². The molecule has 1 aliphatic heterocycles. The lowest BCUT2D eigenvalue weighted by Crippen LogP contribution is -2.53. The van der Waals surface area contributed by atoms with Gasteiger partial charge in [-0.05, 0) is 25.7 Å². The van der Waals surface area contributed by atoms with E-state index >= 15 is 0 Å². The summed E-state index contributed by atoms with van der Waals surface area (Å²) in [5, 5.41) is 14.1. The number of guanidine groups is 1. The maximum atomic E-state index is 12.7. The van der Waals surface area contributed by atoms with Crippen LogP contribution in [0, 0.1) is 0 Å². The second kappa shape index (κ2) is 12.4. The van der Waals surface area contributed by atoms with Gasteiger partial charge in [0.1, 0.15) is 12.1 Å². The van der Waals surface area contributed by atoms with Crippen LogP contribution in [-0.2, 0) is 25.6 Å². The lowest BCUT2D eigenvalue weighted by Gasteiger charge is -2.26. The Hall–Kier alpha value is -3.68. The number of aliphatic imine (C=N–C) groups is 1. The van der Waals surface area contributed by atoms with E-state index in [-0.39, 0.29) is 31.3 Å². The summed E-state index contributed by atoms with van der Waals surface area (Å²) in [5.74, 6) is -2.83. The Morgan fingerprint density at radius 3 is 2.73 bits per heavy atom. The monoisotopic (exact) mass is 465 g/mol. The summed E-state index contributed by atoms with van der Waals surface area (Å²) in [6.07, 6.45) is 4.85. The third-order valence-corrected chi connectivity index (χ3v) is 5.15. The van der Waals surface area contributed by atoms with E-state index in [4.69, 9.17) is 17.2 Å². The first-order chi connectivity index (χ1) is 15.7. The molecule has 14 heteroatoms. The van der Waals surface area contributed by atoms with Gasteiger partial charge in [-0.1, -0.05) is 0 Å². The predicted octanol–water partition coefficient (Wildman–Crippen LogP) is -2.99. The highest BCUT2D eigenvalue weighted by molar-refractivity contribution is 5.93. The number of carboxylic acids is 1. The first-order valence-electron chi connectivity index (χ1n) is 10.6. The number of nitrogens with one attached hydrogen (secondary N) is 3. The summed E-state index contributed by atoms with van der Waals surface area (Å²) in [6, 6.07) is -2.72. The van der Waals surface area contributed by atoms with E-state index in [0.717, 1.165) is 0 Å². The Morgan fingerprint density at radius 1 is 1.33 bits per heavy atom. The van der Waals surface area contributed by atoms with Crippen LogP contribution >= 0.6 is 0 Å². The van der Waals surface area contributed by atoms with Crippen LogP contribution in [0.15, 0.2) is 17.5 Å². The minimum Gasteiger partial charge on any atom is -0.480 e. The smallest absolute Gasteiger partial charge is 0.326 e. The molecule has 0 aromatic carbocycles. The quantitative estimate of drug-likeness (QED) is 0.0945. The first kappa shape index (κ1) is 25.6. The normalized spacial score (nSPS) is 17.1. The number of aromatic amines is 1. The number of aromatic nitrogens is 2. The molecule has 182 valence electrons. The van der Waals surface area contributed by atoms with Crippen molar-refractivity contribution < 1.29 is 24.3 Å². The van der Waals surface area contributed by atoms with Crippen molar-refractivity contribution in [1.29, 1.82) is 0 Å². The third kappa shape index (κ3) is 8.07. The van der Waals surface area contributed by atoms with Gasteiger partial charge >= 0.3 is 5.97 Å². The van der Waals surface area contributed by atoms with Gasteiger partial charge in [-0.3, -0.25) is 19.4 Å². The molecule has 0 saturated carbocycles. The zero-order chi connectivity index (χ0) is 24.4. The number of carboxylic acid groups (broad SMARTS) is 1. The fourth-order valence-electron chi connectivity index (χ4n) is 3.53. The second-order valence-corrected chi connectivity index (χ2v) is 7.70. The molecule has 0 spiro atoms. The molecule has 1 saturated heterocycles. The highest BCUT2D eigenvalue weighted by Gasteiger charge is 2.36. The fraction of sp³-hybridized carbons (Fsp3) is 0.579. The number of imidazole rings is 1. The van der Waals surface area contributed by atoms with Gasteiger partial charge in [0.05, 0.1) is 18.9 Å². The van der Waals surface area contributed by atoms with E-state index < -0.39 is 42.5 Å². The Labute approximate surface area is 190 Å². The summed E-state index contributed by atoms with van der Waals surface area (Å²) < 4.78 is 0. The summed E-state index contributed by atoms with van der Waals surface area (Å²) in [7, 11) is 0. The minimum atomic E-state index is -1.21. The van der Waals surface area contributed by atoms with Crippen LogP contribution in [0.4, 0.5) is 0 Å². The number of rotatable bonds is 12. The molecule has 0 aliphatic carbocycles. The molecular formula is C19H31N9O5. The topological polar surface area (TPSA) is 235 Å². The van der Waals surface area contributed by atoms with E-state index in [9.17, 15) is 24.3 Å². The average Bonchev–Trinajstić information content (AvgIpc) is 3.45. The molecule has 1 fully saturated rings. The second-order valence-electron chi connectivity index (χ2n) is 7.70. The molecule has 0 bridgehead atoms. The van der Waals surface area contributed by atoms with Gasteiger partial charge in [0, 0.05) is 31.4 Å². The first-order valence-corrected chi connectivity index (χ1v) is 10.6. The van der Waals surface area contributed by atoms with E-state index in [0.29, 0.717) is 31.5 Å². The van der Waals surface area contributed by atoms with Crippen molar-refractivity contribution in [2.24, 2.45) is 22.2 Å². The Balaban J connectivity index is 1.82. The molecule has 1 aromatic rings. The molecular weight excluding hydrogens is 434 g/mol. The Bertz CT molecular complexity index is 854. The number of hydrogen-bond acceptors (Lipinski definition) is 7. The molecule has 14 nitrogen and oxygen atoms in total. The number of hydrogen-bond donors (Lipinski definition) is 7. The molecule has 1 aromatic heterocycles. The van der Waals surface area contributed by atoms with Crippen molar-refractivity contribution in [3.8, 4) is 0 Å². The highest BCUT2D eigenvalue weighted by Crippen LogP contribution is 2.19. The highest BCUT2D eigenvalue weighted by atomic mass is 16.4. The van der Waals surface area contributed by atoms with Gasteiger partial charge in [-0.2, -0.15) is 0 Å². The molecule has 3 atom stereocenters. The largest absolute Gasteiger partial charge is 0.480 e. The molecule has 0 radical (unpaired) electrons. The SMILES string of the molecule is NC(N)=NCCCC(NC(=O)CNC(=O)C1CCCN1C(=O)C(N)Cc1cnc[nH]1)C(=O)O. The van der Waals surface area contributed by atoms with Gasteiger partial charge in [0.25, 0.3) is 0 Å². The van der Waals surface area contributed by atoms with Crippen molar-refractivity contribution in [2.45, 2.75) is 50.2 Å². The Kier molecular flexibility index (Phi) is 9.60. The van der Waals surface area contributed by atoms with Gasteiger partial charge in [-0.15, -0.1) is 0 Å². The third-order valence-electron chi connectivity index (χ3n) is 5.15. The van der Waals surface area contributed by atoms with Gasteiger partial charge in [0.15, 0.2) is 5.96 Å². The van der Waals surface area contributed by atoms with E-state index in [1.165, 1.54) is 11.2 Å². The minimum absolute atomic E-state index is 0.102. The summed E-state index contributed by atoms with van der Waals surface area (Å²) >= 11 is 0. The van der Waals surface area contributed by atoms with E-state index in [1.54, 1.807) is 6.20 Å². The molecule has 10 N–H and O–H groups in total. The number of carbonyl (C=O) groups excluding carboxylic acids is 3. The van der Waals surface area contributed by atoms with Crippen molar-refractivity contribution >= 4 is 29.7 Å². The maximum Gasteiger partial charge on any atom is 0.326 e. The lowest BCUT2D eigenvalue weighted by molar-refractivity contribution is -0.142. The maximum absolute atomic E-state index is 12.7. The molecule has 3 unspecified atom stereocenters. The van der Waals surface area contributed by atoms with Crippen molar-refractivity contribution in [2.75, 3.05) is 19.6 Å². The lowest BCUT2D eigenvalue weighted by atomic mass is 10.1. The van der Waals surface area contributed by atoms with Gasteiger partial charge < -0.3 is 42.8 Å². The van der Waals surface area contributed by atoms with Crippen LogP contribution in [-0.4, -0.2) is 87.4 Å². The number of nitrogens with two attached hydrogens (primary N) is 3. The average molecular weight is 466 g/mol. The standard InChI is InChI=1S/C19H31N9O5/c20-12(7-11-8-23-10-26-11)17(31)28-6-2-4-14(28)16(30)25-9-15(29)27-13(18(32)33)3-1-5-24-19(21)22/h8,10,12-14H,1-7,9,20H2,(H,23,26)(H,25,30)(H,27,29)(H,32,33)(H4,21,22,24). The van der Waals surface area contributed by atoms with Crippen LogP contribution in [0.5, 0.6) is 0 Å². The molecule has 33 heavy (non-hydrogen) atoms.